The fraction of sp³-hybridized carbons (Fsp3) is 0.364. The molecular formula is C11H12N2O8. The van der Waals surface area contributed by atoms with Gasteiger partial charge in [0.15, 0.2) is 18.0 Å². The Bertz CT molecular complexity index is 506. The molecule has 0 spiro atoms. The molecule has 1 N–H and O–H groups in total. The summed E-state index contributed by atoms with van der Waals surface area (Å²) in [6, 6.07) is 8.23. The first-order chi connectivity index (χ1) is 9.93. The molecule has 1 rings (SSSR count). The number of aliphatic hydroxyl groups is 1. The van der Waals surface area contributed by atoms with E-state index in [9.17, 15) is 25.0 Å². The molecular weight excluding hydrogens is 288 g/mol. The highest BCUT2D eigenvalue weighted by atomic mass is 17.0. The van der Waals surface area contributed by atoms with E-state index in [1.54, 1.807) is 30.3 Å². The quantitative estimate of drug-likeness (QED) is 0.493. The van der Waals surface area contributed by atoms with Gasteiger partial charge in [-0.2, -0.15) is 0 Å². The lowest BCUT2D eigenvalue weighted by atomic mass is 10.0. The molecule has 0 unspecified atom stereocenters. The topological polar surface area (TPSA) is 142 Å². The molecule has 1 aromatic rings. The molecule has 0 aliphatic rings. The number of hydrogen-bond acceptors (Lipinski definition) is 8. The molecule has 0 bridgehead atoms. The van der Waals surface area contributed by atoms with Gasteiger partial charge in [0.1, 0.15) is 0 Å². The Labute approximate surface area is 118 Å². The van der Waals surface area contributed by atoms with Crippen LogP contribution in [0.5, 0.6) is 0 Å². The molecule has 0 fully saturated rings. The van der Waals surface area contributed by atoms with E-state index in [0.29, 0.717) is 5.56 Å². The fourth-order valence-electron chi connectivity index (χ4n) is 1.62. The molecule has 0 aliphatic carbocycles. The maximum Gasteiger partial charge on any atom is 0.295 e. The van der Waals surface area contributed by atoms with Gasteiger partial charge in [-0.15, -0.1) is 20.2 Å². The molecule has 1 aromatic carbocycles. The van der Waals surface area contributed by atoms with E-state index < -0.39 is 34.8 Å². The van der Waals surface area contributed by atoms with Crippen molar-refractivity contribution >= 4 is 5.78 Å². The lowest BCUT2D eigenvalue weighted by Crippen LogP contribution is -2.43. The van der Waals surface area contributed by atoms with Gasteiger partial charge in [-0.3, -0.25) is 4.79 Å². The summed E-state index contributed by atoms with van der Waals surface area (Å²) < 4.78 is 0. The van der Waals surface area contributed by atoms with E-state index in [2.05, 4.69) is 9.68 Å². The van der Waals surface area contributed by atoms with Gasteiger partial charge in [0, 0.05) is 6.42 Å². The molecule has 0 heterocycles. The van der Waals surface area contributed by atoms with Crippen LogP contribution in [0, 0.1) is 20.2 Å². The number of carbonyl (C=O) groups excluding carboxylic acids is 1. The third kappa shape index (κ3) is 5.40. The van der Waals surface area contributed by atoms with Crippen LogP contribution in [-0.4, -0.2) is 39.9 Å². The van der Waals surface area contributed by atoms with E-state index in [4.69, 9.17) is 5.11 Å². The Morgan fingerprint density at radius 3 is 2.19 bits per heavy atom. The van der Waals surface area contributed by atoms with Gasteiger partial charge in [0.2, 0.25) is 0 Å². The highest BCUT2D eigenvalue weighted by molar-refractivity contribution is 5.85. The van der Waals surface area contributed by atoms with Crippen LogP contribution in [0.4, 0.5) is 0 Å². The van der Waals surface area contributed by atoms with Crippen molar-refractivity contribution < 1.29 is 29.7 Å². The minimum absolute atomic E-state index is 0.253. The Balaban J connectivity index is 2.87. The summed E-state index contributed by atoms with van der Waals surface area (Å²) in [5, 5.41) is 27.1. The molecule has 114 valence electrons. The predicted molar refractivity (Wildman–Crippen MR) is 66.0 cm³/mol. The number of ketones is 1. The predicted octanol–water partition coefficient (Wildman–Crippen LogP) is -0.0557. The number of carbonyl (C=O) groups is 1. The summed E-state index contributed by atoms with van der Waals surface area (Å²) in [5.41, 5.74) is 0.539. The van der Waals surface area contributed by atoms with Crippen molar-refractivity contribution in [1.82, 2.24) is 0 Å². The first-order valence-electron chi connectivity index (χ1n) is 5.74. The standard InChI is InChI=1S/C11H12N2O8/c14-7-10(20-12(16)17)11(21-13(18)19)9(15)6-8-4-2-1-3-5-8/h1-5,10-11,14H,6-7H2/t10-,11+/m0/s1. The zero-order valence-electron chi connectivity index (χ0n) is 10.7. The van der Waals surface area contributed by atoms with E-state index >= 15 is 0 Å². The summed E-state index contributed by atoms with van der Waals surface area (Å²) >= 11 is 0. The number of rotatable bonds is 9. The number of nitrogens with zero attached hydrogens (tertiary/aromatic N) is 2. The molecule has 21 heavy (non-hydrogen) atoms. The van der Waals surface area contributed by atoms with Crippen LogP contribution in [0.1, 0.15) is 5.56 Å². The van der Waals surface area contributed by atoms with Crippen molar-refractivity contribution in [3.63, 3.8) is 0 Å². The summed E-state index contributed by atoms with van der Waals surface area (Å²) in [7, 11) is 0. The third-order valence-electron chi connectivity index (χ3n) is 2.48. The molecule has 10 heteroatoms. The van der Waals surface area contributed by atoms with Crippen LogP contribution < -0.4 is 0 Å². The lowest BCUT2D eigenvalue weighted by molar-refractivity contribution is -0.795. The maximum absolute atomic E-state index is 12.0. The van der Waals surface area contributed by atoms with E-state index in [1.165, 1.54) is 0 Å². The smallest absolute Gasteiger partial charge is 0.295 e. The second-order valence-corrected chi connectivity index (χ2v) is 3.93. The average molecular weight is 300 g/mol. The Morgan fingerprint density at radius 1 is 1.14 bits per heavy atom. The molecule has 0 radical (unpaired) electrons. The van der Waals surface area contributed by atoms with Crippen molar-refractivity contribution in [3.8, 4) is 0 Å². The van der Waals surface area contributed by atoms with Crippen LogP contribution in [0.2, 0.25) is 0 Å². The van der Waals surface area contributed by atoms with Gasteiger partial charge in [-0.25, -0.2) is 0 Å². The second-order valence-electron chi connectivity index (χ2n) is 3.93. The third-order valence-corrected chi connectivity index (χ3v) is 2.48. The van der Waals surface area contributed by atoms with E-state index in [0.717, 1.165) is 0 Å². The van der Waals surface area contributed by atoms with Crippen molar-refractivity contribution in [2.24, 2.45) is 0 Å². The van der Waals surface area contributed by atoms with Gasteiger partial charge in [-0.1, -0.05) is 30.3 Å². The van der Waals surface area contributed by atoms with Crippen LogP contribution in [0.25, 0.3) is 0 Å². The van der Waals surface area contributed by atoms with E-state index in [1.807, 2.05) is 0 Å². The summed E-state index contributed by atoms with van der Waals surface area (Å²) in [6.45, 7) is -0.986. The highest BCUT2D eigenvalue weighted by Crippen LogP contribution is 2.11. The molecule has 0 saturated carbocycles. The molecule has 0 aromatic heterocycles. The Kier molecular flexibility index (Phi) is 6.01. The maximum atomic E-state index is 12.0. The summed E-state index contributed by atoms with van der Waals surface area (Å²) in [4.78, 5) is 40.8. The van der Waals surface area contributed by atoms with Crippen molar-refractivity contribution in [2.75, 3.05) is 6.61 Å². The van der Waals surface area contributed by atoms with Gasteiger partial charge in [-0.05, 0) is 5.56 Å². The van der Waals surface area contributed by atoms with Gasteiger partial charge in [0.05, 0.1) is 6.61 Å². The van der Waals surface area contributed by atoms with Gasteiger partial charge < -0.3 is 14.8 Å². The fourth-order valence-corrected chi connectivity index (χ4v) is 1.62. The molecule has 10 nitrogen and oxygen atoms in total. The van der Waals surface area contributed by atoms with Gasteiger partial charge in [0.25, 0.3) is 10.2 Å². The van der Waals surface area contributed by atoms with Crippen LogP contribution >= 0.6 is 0 Å². The number of Topliss-reactive ketones (excluding diaryl/α,β-unsaturated/α-hetero) is 1. The second kappa shape index (κ2) is 7.75. The molecule has 0 amide bonds. The van der Waals surface area contributed by atoms with Crippen LogP contribution in [0.3, 0.4) is 0 Å². The average Bonchev–Trinajstić information content (AvgIpc) is 2.43. The largest absolute Gasteiger partial charge is 0.394 e. The lowest BCUT2D eigenvalue weighted by Gasteiger charge is -2.20. The highest BCUT2D eigenvalue weighted by Gasteiger charge is 2.34. The molecule has 0 saturated heterocycles. The number of benzene rings is 1. The minimum Gasteiger partial charge on any atom is -0.394 e. The monoisotopic (exact) mass is 300 g/mol. The van der Waals surface area contributed by atoms with Gasteiger partial charge >= 0.3 is 0 Å². The van der Waals surface area contributed by atoms with Crippen molar-refractivity contribution in [1.29, 1.82) is 0 Å². The van der Waals surface area contributed by atoms with Crippen LogP contribution in [-0.2, 0) is 20.9 Å². The Hall–Kier alpha value is -2.75. The van der Waals surface area contributed by atoms with Crippen LogP contribution in [0.15, 0.2) is 30.3 Å². The zero-order valence-corrected chi connectivity index (χ0v) is 10.7. The SMILES string of the molecule is O=C(Cc1ccccc1)[C@@H](O[N+](=O)[O-])[C@H](CO)O[N+](=O)[O-]. The summed E-state index contributed by atoms with van der Waals surface area (Å²) in [6.07, 6.45) is -3.92. The molecule has 2 atom stereocenters. The Morgan fingerprint density at radius 2 is 1.71 bits per heavy atom. The molecule has 0 aliphatic heterocycles. The zero-order chi connectivity index (χ0) is 15.8. The van der Waals surface area contributed by atoms with Crippen molar-refractivity contribution in [3.05, 3.63) is 56.1 Å². The number of hydrogen-bond donors (Lipinski definition) is 1. The first-order valence-corrected chi connectivity index (χ1v) is 5.74. The number of aliphatic hydroxyl groups excluding tert-OH is 1. The normalized spacial score (nSPS) is 13.0. The first kappa shape index (κ1) is 16.3. The summed E-state index contributed by atoms with van der Waals surface area (Å²) in [5.74, 6) is -0.821. The van der Waals surface area contributed by atoms with E-state index in [-0.39, 0.29) is 6.42 Å². The minimum atomic E-state index is -1.89. The van der Waals surface area contributed by atoms with Crippen molar-refractivity contribution in [2.45, 2.75) is 18.6 Å².